The molecule has 1 aromatic carbocycles. The van der Waals surface area contributed by atoms with Crippen molar-refractivity contribution in [2.75, 3.05) is 11.9 Å². The molecular formula is C21H20F3N7O. The first kappa shape index (κ1) is 20.4. The second-order valence-electron chi connectivity index (χ2n) is 8.19. The molecular weight excluding hydrogens is 423 g/mol. The zero-order valence-corrected chi connectivity index (χ0v) is 17.1. The van der Waals surface area contributed by atoms with Gasteiger partial charge in [-0.2, -0.15) is 28.2 Å². The predicted octanol–water partition coefficient (Wildman–Crippen LogP) is 3.04. The Bertz CT molecular complexity index is 1120. The fraction of sp³-hybridized carbons (Fsp3) is 0.381. The standard InChI is InChI=1S/C21H20F3N7O/c1-12-13-10-15(27-18-7-6-17(28-29-18)21(22,23)24)19(12)30(11-13)20(32)14-4-2-3-5-16(14)31-25-8-9-26-31/h2-9,12-13,15,19H,10-11H2,1H3,(H,27,29)/t12-,13?,15?,19?/m0/s1. The number of nitrogens with zero attached hydrogens (tertiary/aromatic N) is 6. The van der Waals surface area contributed by atoms with Gasteiger partial charge in [-0.15, -0.1) is 10.2 Å². The maximum absolute atomic E-state index is 13.5. The Balaban J connectivity index is 1.38. The van der Waals surface area contributed by atoms with Crippen molar-refractivity contribution in [2.24, 2.45) is 11.8 Å². The Morgan fingerprint density at radius 2 is 1.84 bits per heavy atom. The van der Waals surface area contributed by atoms with Crippen LogP contribution >= 0.6 is 0 Å². The third-order valence-corrected chi connectivity index (χ3v) is 6.36. The molecule has 32 heavy (non-hydrogen) atoms. The number of benzene rings is 1. The third-order valence-electron chi connectivity index (χ3n) is 6.36. The molecule has 11 heteroatoms. The van der Waals surface area contributed by atoms with Crippen molar-refractivity contribution in [2.45, 2.75) is 31.6 Å². The Labute approximate surface area is 181 Å². The van der Waals surface area contributed by atoms with Crippen LogP contribution in [0.1, 0.15) is 29.4 Å². The number of hydrogen-bond acceptors (Lipinski definition) is 6. The van der Waals surface area contributed by atoms with E-state index in [1.165, 1.54) is 10.9 Å². The lowest BCUT2D eigenvalue weighted by Gasteiger charge is -2.34. The number of aromatic nitrogens is 5. The number of anilines is 1. The van der Waals surface area contributed by atoms with E-state index in [4.69, 9.17) is 0 Å². The minimum Gasteiger partial charge on any atom is -0.364 e. The van der Waals surface area contributed by atoms with Gasteiger partial charge < -0.3 is 10.2 Å². The van der Waals surface area contributed by atoms with Crippen molar-refractivity contribution < 1.29 is 18.0 Å². The van der Waals surface area contributed by atoms with E-state index in [1.807, 2.05) is 11.0 Å². The van der Waals surface area contributed by atoms with Gasteiger partial charge in [0.1, 0.15) is 5.82 Å². The number of carbonyl (C=O) groups is 1. The number of nitrogens with one attached hydrogen (secondary N) is 1. The minimum atomic E-state index is -4.54. The highest BCUT2D eigenvalue weighted by Gasteiger charge is 2.52. The smallest absolute Gasteiger partial charge is 0.364 e. The fourth-order valence-electron chi connectivity index (χ4n) is 4.88. The number of fused-ring (bicyclic) bond motifs is 2. The third kappa shape index (κ3) is 3.47. The van der Waals surface area contributed by atoms with E-state index in [9.17, 15) is 18.0 Å². The van der Waals surface area contributed by atoms with Crippen LogP contribution in [0.2, 0.25) is 0 Å². The van der Waals surface area contributed by atoms with Crippen LogP contribution in [0.15, 0.2) is 48.8 Å². The summed E-state index contributed by atoms with van der Waals surface area (Å²) >= 11 is 0. The number of likely N-dealkylation sites (tertiary alicyclic amines) is 1. The van der Waals surface area contributed by atoms with Gasteiger partial charge in [-0.25, -0.2) is 0 Å². The van der Waals surface area contributed by atoms with E-state index in [-0.39, 0.29) is 29.7 Å². The number of halogens is 3. The van der Waals surface area contributed by atoms with Gasteiger partial charge in [0.05, 0.1) is 29.7 Å². The molecule has 0 radical (unpaired) electrons. The van der Waals surface area contributed by atoms with E-state index < -0.39 is 11.9 Å². The molecule has 1 N–H and O–H groups in total. The van der Waals surface area contributed by atoms with E-state index >= 15 is 0 Å². The molecule has 2 fully saturated rings. The van der Waals surface area contributed by atoms with Crippen molar-refractivity contribution in [1.29, 1.82) is 0 Å². The molecule has 1 saturated carbocycles. The first-order chi connectivity index (χ1) is 15.3. The van der Waals surface area contributed by atoms with Gasteiger partial charge in [-0.1, -0.05) is 19.1 Å². The highest BCUT2D eigenvalue weighted by Crippen LogP contribution is 2.44. The van der Waals surface area contributed by atoms with Crippen molar-refractivity contribution >= 4 is 11.7 Å². The van der Waals surface area contributed by atoms with Crippen LogP contribution in [0.25, 0.3) is 5.69 Å². The quantitative estimate of drug-likeness (QED) is 0.667. The van der Waals surface area contributed by atoms with Crippen molar-refractivity contribution in [3.63, 3.8) is 0 Å². The maximum Gasteiger partial charge on any atom is 0.435 e. The Morgan fingerprint density at radius 3 is 2.50 bits per heavy atom. The van der Waals surface area contributed by atoms with Gasteiger partial charge in [0, 0.05) is 12.6 Å². The number of rotatable bonds is 4. The topological polar surface area (TPSA) is 88.8 Å². The molecule has 2 aromatic heterocycles. The van der Waals surface area contributed by atoms with E-state index in [1.54, 1.807) is 30.6 Å². The monoisotopic (exact) mass is 443 g/mol. The fourth-order valence-corrected chi connectivity index (χ4v) is 4.88. The molecule has 2 bridgehead atoms. The van der Waals surface area contributed by atoms with Crippen LogP contribution in [0.5, 0.6) is 0 Å². The van der Waals surface area contributed by atoms with Gasteiger partial charge in [0.25, 0.3) is 5.91 Å². The highest BCUT2D eigenvalue weighted by molar-refractivity contribution is 5.98. The Morgan fingerprint density at radius 1 is 1.09 bits per heavy atom. The van der Waals surface area contributed by atoms with E-state index in [0.717, 1.165) is 12.5 Å². The average Bonchev–Trinajstić information content (AvgIpc) is 3.49. The van der Waals surface area contributed by atoms with Crippen molar-refractivity contribution in [3.05, 3.63) is 60.0 Å². The summed E-state index contributed by atoms with van der Waals surface area (Å²) in [5, 5.41) is 18.4. The number of piperidine rings is 1. The molecule has 3 heterocycles. The predicted molar refractivity (Wildman–Crippen MR) is 108 cm³/mol. The van der Waals surface area contributed by atoms with Gasteiger partial charge in [-0.3, -0.25) is 4.79 Å². The van der Waals surface area contributed by atoms with Gasteiger partial charge in [0.2, 0.25) is 0 Å². The normalized spacial score (nSPS) is 24.7. The van der Waals surface area contributed by atoms with Crippen LogP contribution in [0, 0.1) is 11.8 Å². The number of hydrogen-bond donors (Lipinski definition) is 1. The van der Waals surface area contributed by atoms with Gasteiger partial charge >= 0.3 is 6.18 Å². The molecule has 166 valence electrons. The molecule has 0 spiro atoms. The molecule has 3 unspecified atom stereocenters. The number of amides is 1. The summed E-state index contributed by atoms with van der Waals surface area (Å²) < 4.78 is 38.3. The zero-order valence-electron chi connectivity index (χ0n) is 17.1. The maximum atomic E-state index is 13.5. The second-order valence-corrected chi connectivity index (χ2v) is 8.19. The summed E-state index contributed by atoms with van der Waals surface area (Å²) in [4.78, 5) is 16.8. The molecule has 1 aliphatic heterocycles. The minimum absolute atomic E-state index is 0.116. The number of alkyl halides is 3. The van der Waals surface area contributed by atoms with Crippen LogP contribution in [-0.4, -0.2) is 54.6 Å². The molecule has 8 nitrogen and oxygen atoms in total. The SMILES string of the molecule is C[C@H]1C2CC(Nc3ccc(C(F)(F)F)nn3)C1N(C(=O)c1ccccc1-n1nccn1)C2. The lowest BCUT2D eigenvalue weighted by Crippen LogP contribution is -2.48. The summed E-state index contributed by atoms with van der Waals surface area (Å²) in [6.45, 7) is 2.73. The highest BCUT2D eigenvalue weighted by atomic mass is 19.4. The zero-order chi connectivity index (χ0) is 22.5. The lowest BCUT2D eigenvalue weighted by molar-refractivity contribution is -0.141. The molecule has 2 aliphatic rings. The van der Waals surface area contributed by atoms with Gasteiger partial charge in [-0.05, 0) is 42.5 Å². The second kappa shape index (κ2) is 7.57. The molecule has 3 aromatic rings. The van der Waals surface area contributed by atoms with E-state index in [2.05, 4.69) is 32.6 Å². The number of para-hydroxylation sites is 1. The first-order valence-electron chi connectivity index (χ1n) is 10.3. The van der Waals surface area contributed by atoms with Crippen LogP contribution in [0.3, 0.4) is 0 Å². The Hall–Kier alpha value is -3.50. The number of carbonyl (C=O) groups excluding carboxylic acids is 1. The summed E-state index contributed by atoms with van der Waals surface area (Å²) in [5.41, 5.74) is 0.0533. The lowest BCUT2D eigenvalue weighted by atomic mass is 10.0. The van der Waals surface area contributed by atoms with Crippen molar-refractivity contribution in [3.8, 4) is 5.69 Å². The van der Waals surface area contributed by atoms with E-state index in [0.29, 0.717) is 23.7 Å². The summed E-state index contributed by atoms with van der Waals surface area (Å²) in [6, 6.07) is 9.09. The van der Waals surface area contributed by atoms with Gasteiger partial charge in [0.15, 0.2) is 5.69 Å². The molecule has 1 amide bonds. The molecule has 1 saturated heterocycles. The largest absolute Gasteiger partial charge is 0.435 e. The average molecular weight is 443 g/mol. The van der Waals surface area contributed by atoms with Crippen molar-refractivity contribution in [1.82, 2.24) is 30.1 Å². The summed E-state index contributed by atoms with van der Waals surface area (Å²) in [5.74, 6) is 0.672. The summed E-state index contributed by atoms with van der Waals surface area (Å²) in [6.07, 6.45) is -0.633. The molecule has 4 atom stereocenters. The molecule has 5 rings (SSSR count). The van der Waals surface area contributed by atoms with Crippen LogP contribution in [0.4, 0.5) is 19.0 Å². The summed E-state index contributed by atoms with van der Waals surface area (Å²) in [7, 11) is 0. The van der Waals surface area contributed by atoms with Crippen LogP contribution < -0.4 is 5.32 Å². The first-order valence-corrected chi connectivity index (χ1v) is 10.3. The Kier molecular flexibility index (Phi) is 4.83. The molecule has 1 aliphatic carbocycles. The van der Waals surface area contributed by atoms with Crippen LogP contribution in [-0.2, 0) is 6.18 Å².